The molecule has 1 aromatic rings. The molecule has 0 aliphatic carbocycles. The Bertz CT molecular complexity index is 663. The molecule has 0 aromatic heterocycles. The van der Waals surface area contributed by atoms with Gasteiger partial charge in [0.2, 0.25) is 0 Å². The fraction of sp³-hybridized carbons (Fsp3) is 0.417. The average Bonchev–Trinajstić information content (AvgIpc) is 2.25. The lowest BCUT2D eigenvalue weighted by atomic mass is 10.1. The van der Waals surface area contributed by atoms with Crippen LogP contribution in [-0.2, 0) is 13.8 Å². The van der Waals surface area contributed by atoms with Crippen LogP contribution in [0.4, 0.5) is 4.39 Å². The molecule has 0 unspecified atom stereocenters. The first kappa shape index (κ1) is 18.3. The zero-order valence-corrected chi connectivity index (χ0v) is 14.7. The lowest BCUT2D eigenvalue weighted by Crippen LogP contribution is -2.47. The van der Waals surface area contributed by atoms with E-state index in [1.807, 2.05) is 0 Å². The number of methoxy groups -OCH3 is 1. The summed E-state index contributed by atoms with van der Waals surface area (Å²) in [5.41, 5.74) is -1.16. The highest BCUT2D eigenvalue weighted by molar-refractivity contribution is 9.10. The molecule has 0 saturated carbocycles. The van der Waals surface area contributed by atoms with Crippen LogP contribution in [0.3, 0.4) is 0 Å². The van der Waals surface area contributed by atoms with Gasteiger partial charge in [0.1, 0.15) is 5.82 Å². The Balaban J connectivity index is 3.22. The molecule has 0 heterocycles. The lowest BCUT2D eigenvalue weighted by molar-refractivity contribution is 0.0816. The maximum Gasteiger partial charge on any atom is 0.262 e. The smallest absolute Gasteiger partial charge is 0.262 e. The Morgan fingerprint density at radius 1 is 1.48 bits per heavy atom. The molecule has 0 aliphatic heterocycles. The Morgan fingerprint density at radius 3 is 2.52 bits per heavy atom. The second-order valence-corrected chi connectivity index (χ2v) is 8.36. The molecular formula is C12H14BrClFNO4S. The second kappa shape index (κ2) is 6.60. The number of hydrogen-bond acceptors (Lipinski definition) is 4. The molecule has 5 nitrogen and oxygen atoms in total. The minimum absolute atomic E-state index is 0.0531. The van der Waals surface area contributed by atoms with Gasteiger partial charge in [-0.2, -0.15) is 0 Å². The van der Waals surface area contributed by atoms with E-state index >= 15 is 0 Å². The van der Waals surface area contributed by atoms with Gasteiger partial charge in [-0.15, -0.1) is 0 Å². The van der Waals surface area contributed by atoms with Crippen LogP contribution in [0.25, 0.3) is 0 Å². The molecule has 1 aromatic carbocycles. The van der Waals surface area contributed by atoms with Crippen molar-refractivity contribution >= 4 is 41.6 Å². The van der Waals surface area contributed by atoms with Crippen molar-refractivity contribution in [3.8, 4) is 0 Å². The Morgan fingerprint density at radius 2 is 2.05 bits per heavy atom. The molecule has 0 saturated heterocycles. The molecule has 21 heavy (non-hydrogen) atoms. The van der Waals surface area contributed by atoms with E-state index in [2.05, 4.69) is 21.2 Å². The van der Waals surface area contributed by atoms with Crippen LogP contribution in [0.5, 0.6) is 0 Å². The number of carbonyl (C=O) groups excluding carboxylic acids is 1. The highest BCUT2D eigenvalue weighted by Crippen LogP contribution is 2.28. The molecule has 0 spiro atoms. The van der Waals surface area contributed by atoms with E-state index in [0.29, 0.717) is 0 Å². The van der Waals surface area contributed by atoms with Crippen molar-refractivity contribution in [1.29, 1.82) is 0 Å². The number of amides is 1. The normalized spacial score (nSPS) is 12.3. The first-order chi connectivity index (χ1) is 9.48. The molecule has 118 valence electrons. The third-order valence-corrected chi connectivity index (χ3v) is 4.77. The first-order valence-corrected chi connectivity index (χ1v) is 8.83. The third-order valence-electron chi connectivity index (χ3n) is 2.49. The summed E-state index contributed by atoms with van der Waals surface area (Å²) >= 11 is 2.90. The third kappa shape index (κ3) is 4.91. The van der Waals surface area contributed by atoms with Gasteiger partial charge in [0.15, 0.2) is 0 Å². The number of ether oxygens (including phenoxy) is 1. The van der Waals surface area contributed by atoms with Crippen LogP contribution >= 0.6 is 26.6 Å². The Hall–Kier alpha value is -0.700. The van der Waals surface area contributed by atoms with E-state index in [-0.39, 0.29) is 16.0 Å². The molecule has 1 amide bonds. The molecule has 0 fully saturated rings. The quantitative estimate of drug-likeness (QED) is 0.769. The number of benzene rings is 1. The molecule has 0 radical (unpaired) electrons. The first-order valence-electron chi connectivity index (χ1n) is 5.73. The second-order valence-electron chi connectivity index (χ2n) is 4.97. The summed E-state index contributed by atoms with van der Waals surface area (Å²) in [7, 11) is 2.60. The zero-order valence-electron chi connectivity index (χ0n) is 11.5. The summed E-state index contributed by atoms with van der Waals surface area (Å²) in [6, 6.07) is 1.77. The summed E-state index contributed by atoms with van der Waals surface area (Å²) in [5, 5.41) is 2.56. The molecule has 0 aliphatic rings. The van der Waals surface area contributed by atoms with E-state index in [1.54, 1.807) is 13.8 Å². The van der Waals surface area contributed by atoms with Crippen LogP contribution in [0.1, 0.15) is 24.2 Å². The summed E-state index contributed by atoms with van der Waals surface area (Å²) < 4.78 is 41.5. The van der Waals surface area contributed by atoms with Crippen molar-refractivity contribution in [3.63, 3.8) is 0 Å². The van der Waals surface area contributed by atoms with Gasteiger partial charge in [-0.25, -0.2) is 12.8 Å². The van der Waals surface area contributed by atoms with Crippen LogP contribution in [0.2, 0.25) is 0 Å². The van der Waals surface area contributed by atoms with Crippen LogP contribution in [0.15, 0.2) is 21.5 Å². The minimum atomic E-state index is -4.11. The van der Waals surface area contributed by atoms with Gasteiger partial charge in [-0.05, 0) is 41.9 Å². The van der Waals surface area contributed by atoms with E-state index < -0.39 is 31.9 Å². The Labute approximate surface area is 135 Å². The number of rotatable bonds is 5. The van der Waals surface area contributed by atoms with Crippen LogP contribution in [0, 0.1) is 5.82 Å². The van der Waals surface area contributed by atoms with Crippen molar-refractivity contribution in [2.75, 3.05) is 13.7 Å². The summed E-state index contributed by atoms with van der Waals surface area (Å²) in [4.78, 5) is 11.7. The van der Waals surface area contributed by atoms with Gasteiger partial charge in [-0.3, -0.25) is 4.79 Å². The Kier molecular flexibility index (Phi) is 5.76. The molecule has 0 atom stereocenters. The van der Waals surface area contributed by atoms with Crippen LogP contribution < -0.4 is 5.32 Å². The van der Waals surface area contributed by atoms with Gasteiger partial charge in [0, 0.05) is 22.3 Å². The molecule has 1 rings (SSSR count). The lowest BCUT2D eigenvalue weighted by Gasteiger charge is -2.25. The van der Waals surface area contributed by atoms with Gasteiger partial charge < -0.3 is 10.1 Å². The van der Waals surface area contributed by atoms with E-state index in [9.17, 15) is 17.6 Å². The topological polar surface area (TPSA) is 72.5 Å². The standard InChI is InChI=1S/C12H14BrClFNO4S/c1-12(2,6-20-3)16-11(17)7-4-10(21(14,18)19)8(13)5-9(7)15/h4-5H,6H2,1-3H3,(H,16,17). The highest BCUT2D eigenvalue weighted by Gasteiger charge is 2.25. The maximum absolute atomic E-state index is 13.9. The summed E-state index contributed by atoms with van der Waals surface area (Å²) in [6.45, 7) is 3.58. The maximum atomic E-state index is 13.9. The summed E-state index contributed by atoms with van der Waals surface area (Å²) in [5.74, 6) is -1.62. The van der Waals surface area contributed by atoms with Gasteiger partial charge in [-0.1, -0.05) is 0 Å². The largest absolute Gasteiger partial charge is 0.382 e. The molecule has 1 N–H and O–H groups in total. The van der Waals surface area contributed by atoms with Crippen molar-refractivity contribution in [3.05, 3.63) is 28.0 Å². The fourth-order valence-electron chi connectivity index (χ4n) is 1.66. The number of carbonyl (C=O) groups is 1. The predicted molar refractivity (Wildman–Crippen MR) is 80.6 cm³/mol. The van der Waals surface area contributed by atoms with Gasteiger partial charge >= 0.3 is 0 Å². The molecule has 9 heteroatoms. The minimum Gasteiger partial charge on any atom is -0.382 e. The van der Waals surface area contributed by atoms with Crippen molar-refractivity contribution in [2.24, 2.45) is 0 Å². The number of hydrogen-bond donors (Lipinski definition) is 1. The van der Waals surface area contributed by atoms with Crippen LogP contribution in [-0.4, -0.2) is 33.6 Å². The number of nitrogens with one attached hydrogen (secondary N) is 1. The highest BCUT2D eigenvalue weighted by atomic mass is 79.9. The van der Waals surface area contributed by atoms with E-state index in [0.717, 1.165) is 12.1 Å². The zero-order chi connectivity index (χ0) is 16.4. The number of halogens is 3. The summed E-state index contributed by atoms with van der Waals surface area (Å²) in [6.07, 6.45) is 0. The average molecular weight is 403 g/mol. The van der Waals surface area contributed by atoms with Gasteiger partial charge in [0.25, 0.3) is 15.0 Å². The van der Waals surface area contributed by atoms with Crippen molar-refractivity contribution < 1.29 is 22.3 Å². The van der Waals surface area contributed by atoms with E-state index in [1.165, 1.54) is 7.11 Å². The molecule has 0 bridgehead atoms. The van der Waals surface area contributed by atoms with Crippen molar-refractivity contribution in [2.45, 2.75) is 24.3 Å². The molecular weight excluding hydrogens is 389 g/mol. The van der Waals surface area contributed by atoms with Crippen molar-refractivity contribution in [1.82, 2.24) is 5.32 Å². The monoisotopic (exact) mass is 401 g/mol. The fourth-order valence-corrected chi connectivity index (χ4v) is 3.83. The SMILES string of the molecule is COCC(C)(C)NC(=O)c1cc(S(=O)(=O)Cl)c(Br)cc1F. The predicted octanol–water partition coefficient (Wildman–Crippen LogP) is 2.67. The van der Waals surface area contributed by atoms with Gasteiger partial charge in [0.05, 0.1) is 22.6 Å². The van der Waals surface area contributed by atoms with E-state index in [4.69, 9.17) is 15.4 Å².